The van der Waals surface area contributed by atoms with E-state index in [1.54, 1.807) is 6.20 Å². The minimum Gasteiger partial charge on any atom is -0.478 e. The maximum absolute atomic E-state index is 12.7. The summed E-state index contributed by atoms with van der Waals surface area (Å²) < 4.78 is 5.60. The average Bonchev–Trinajstić information content (AvgIpc) is 2.63. The molecule has 1 amide bonds. The van der Waals surface area contributed by atoms with Crippen molar-refractivity contribution in [1.82, 2.24) is 9.88 Å². The summed E-state index contributed by atoms with van der Waals surface area (Å²) in [6, 6.07) is 11.6. The average molecular weight is 310 g/mol. The zero-order valence-electron chi connectivity index (χ0n) is 13.5. The molecular formula is C19H22N2O2. The Morgan fingerprint density at radius 2 is 2.00 bits per heavy atom. The van der Waals surface area contributed by atoms with Crippen molar-refractivity contribution in [2.24, 2.45) is 0 Å². The Morgan fingerprint density at radius 3 is 2.78 bits per heavy atom. The first-order valence-electron chi connectivity index (χ1n) is 8.27. The van der Waals surface area contributed by atoms with Crippen LogP contribution < -0.4 is 4.74 Å². The normalized spacial score (nSPS) is 14.6. The van der Waals surface area contributed by atoms with E-state index in [4.69, 9.17) is 4.74 Å². The Labute approximate surface area is 137 Å². The van der Waals surface area contributed by atoms with E-state index in [1.807, 2.05) is 48.2 Å². The van der Waals surface area contributed by atoms with Crippen LogP contribution in [0.3, 0.4) is 0 Å². The zero-order chi connectivity index (χ0) is 16.1. The minimum atomic E-state index is 0.119. The van der Waals surface area contributed by atoms with Crippen LogP contribution in [0.15, 0.2) is 42.6 Å². The van der Waals surface area contributed by atoms with Crippen LogP contribution in [0, 0.1) is 0 Å². The van der Waals surface area contributed by atoms with Gasteiger partial charge in [-0.15, -0.1) is 0 Å². The third-order valence-electron chi connectivity index (χ3n) is 4.12. The number of hydrogen-bond acceptors (Lipinski definition) is 3. The lowest BCUT2D eigenvalue weighted by molar-refractivity contribution is 0.0724. The van der Waals surface area contributed by atoms with Crippen LogP contribution in [-0.2, 0) is 0 Å². The second kappa shape index (κ2) is 7.27. The molecule has 1 aromatic heterocycles. The van der Waals surface area contributed by atoms with Crippen molar-refractivity contribution in [2.45, 2.75) is 26.2 Å². The Bertz CT molecular complexity index is 679. The second-order valence-electron chi connectivity index (χ2n) is 5.72. The first-order valence-corrected chi connectivity index (χ1v) is 8.27. The van der Waals surface area contributed by atoms with Gasteiger partial charge in [-0.25, -0.2) is 4.98 Å². The fourth-order valence-electron chi connectivity index (χ4n) is 2.96. The lowest BCUT2D eigenvalue weighted by atomic mass is 10.0. The summed E-state index contributed by atoms with van der Waals surface area (Å²) in [5, 5.41) is 0. The van der Waals surface area contributed by atoms with E-state index in [1.165, 1.54) is 6.42 Å². The van der Waals surface area contributed by atoms with Gasteiger partial charge in [0.25, 0.3) is 5.91 Å². The molecule has 2 aromatic rings. The molecule has 1 aliphatic heterocycles. The van der Waals surface area contributed by atoms with E-state index in [0.717, 1.165) is 42.6 Å². The van der Waals surface area contributed by atoms with Crippen molar-refractivity contribution in [3.8, 4) is 17.0 Å². The van der Waals surface area contributed by atoms with Gasteiger partial charge >= 0.3 is 0 Å². The highest BCUT2D eigenvalue weighted by Crippen LogP contribution is 2.28. The third kappa shape index (κ3) is 3.52. The molecule has 1 aliphatic rings. The Hall–Kier alpha value is -2.36. The van der Waals surface area contributed by atoms with E-state index in [0.29, 0.717) is 12.5 Å². The van der Waals surface area contributed by atoms with Crippen LogP contribution in [0.1, 0.15) is 36.5 Å². The van der Waals surface area contributed by atoms with Crippen molar-refractivity contribution in [3.05, 3.63) is 48.2 Å². The molecule has 0 aliphatic carbocycles. The van der Waals surface area contributed by atoms with Crippen molar-refractivity contribution < 1.29 is 9.53 Å². The summed E-state index contributed by atoms with van der Waals surface area (Å²) in [7, 11) is 0. The van der Waals surface area contributed by atoms with E-state index in [2.05, 4.69) is 4.98 Å². The standard InChI is InChI=1S/C19H22N2O2/c1-2-23-18-17(10-7-11-20-18)15-8-6-9-16(14-15)19(22)21-12-4-3-5-13-21/h6-11,14H,2-5,12-13H2,1H3. The van der Waals surface area contributed by atoms with Gasteiger partial charge in [0.15, 0.2) is 0 Å². The minimum absolute atomic E-state index is 0.119. The first-order chi connectivity index (χ1) is 11.3. The van der Waals surface area contributed by atoms with Crippen molar-refractivity contribution >= 4 is 5.91 Å². The van der Waals surface area contributed by atoms with Gasteiger partial charge in [-0.2, -0.15) is 0 Å². The molecule has 1 fully saturated rings. The lowest BCUT2D eigenvalue weighted by Gasteiger charge is -2.26. The number of likely N-dealkylation sites (tertiary alicyclic amines) is 1. The molecule has 4 heteroatoms. The molecule has 1 saturated heterocycles. The summed E-state index contributed by atoms with van der Waals surface area (Å²) in [5.41, 5.74) is 2.61. The molecule has 0 unspecified atom stereocenters. The number of ether oxygens (including phenoxy) is 1. The van der Waals surface area contributed by atoms with Crippen molar-refractivity contribution in [2.75, 3.05) is 19.7 Å². The molecule has 0 saturated carbocycles. The molecule has 0 bridgehead atoms. The zero-order valence-corrected chi connectivity index (χ0v) is 13.5. The number of benzene rings is 1. The Balaban J connectivity index is 1.89. The summed E-state index contributed by atoms with van der Waals surface area (Å²) in [6.07, 6.45) is 5.14. The number of carbonyl (C=O) groups excluding carboxylic acids is 1. The number of rotatable bonds is 4. The number of nitrogens with zero attached hydrogens (tertiary/aromatic N) is 2. The predicted octanol–water partition coefficient (Wildman–Crippen LogP) is 3.77. The SMILES string of the molecule is CCOc1ncccc1-c1cccc(C(=O)N2CCCCC2)c1. The topological polar surface area (TPSA) is 42.4 Å². The van der Waals surface area contributed by atoms with Crippen LogP contribution in [0.5, 0.6) is 5.88 Å². The maximum atomic E-state index is 12.7. The van der Waals surface area contributed by atoms with Gasteiger partial charge < -0.3 is 9.64 Å². The van der Waals surface area contributed by atoms with Gasteiger partial charge in [-0.3, -0.25) is 4.79 Å². The molecule has 0 spiro atoms. The summed E-state index contributed by atoms with van der Waals surface area (Å²) in [5.74, 6) is 0.728. The smallest absolute Gasteiger partial charge is 0.253 e. The van der Waals surface area contributed by atoms with Gasteiger partial charge in [-0.1, -0.05) is 12.1 Å². The molecule has 1 aromatic carbocycles. The quantitative estimate of drug-likeness (QED) is 0.863. The molecular weight excluding hydrogens is 288 g/mol. The number of pyridine rings is 1. The van der Waals surface area contributed by atoms with Gasteiger partial charge in [0.05, 0.1) is 6.61 Å². The van der Waals surface area contributed by atoms with E-state index in [-0.39, 0.29) is 5.91 Å². The molecule has 0 atom stereocenters. The van der Waals surface area contributed by atoms with Crippen LogP contribution in [0.2, 0.25) is 0 Å². The van der Waals surface area contributed by atoms with E-state index >= 15 is 0 Å². The molecule has 3 rings (SSSR count). The molecule has 120 valence electrons. The van der Waals surface area contributed by atoms with E-state index < -0.39 is 0 Å². The Morgan fingerprint density at radius 1 is 1.17 bits per heavy atom. The van der Waals surface area contributed by atoms with Crippen molar-refractivity contribution in [3.63, 3.8) is 0 Å². The largest absolute Gasteiger partial charge is 0.478 e. The molecule has 2 heterocycles. The number of amides is 1. The highest BCUT2D eigenvalue weighted by molar-refractivity contribution is 5.95. The van der Waals surface area contributed by atoms with Crippen LogP contribution in [0.25, 0.3) is 11.1 Å². The van der Waals surface area contributed by atoms with Gasteiger partial charge in [-0.05, 0) is 56.0 Å². The molecule has 4 nitrogen and oxygen atoms in total. The number of carbonyl (C=O) groups is 1. The second-order valence-corrected chi connectivity index (χ2v) is 5.72. The summed E-state index contributed by atoms with van der Waals surface area (Å²) >= 11 is 0. The highest BCUT2D eigenvalue weighted by Gasteiger charge is 2.19. The molecule has 0 radical (unpaired) electrons. The highest BCUT2D eigenvalue weighted by atomic mass is 16.5. The number of hydrogen-bond donors (Lipinski definition) is 0. The van der Waals surface area contributed by atoms with Gasteiger partial charge in [0.2, 0.25) is 5.88 Å². The molecule has 23 heavy (non-hydrogen) atoms. The van der Waals surface area contributed by atoms with Crippen molar-refractivity contribution in [1.29, 1.82) is 0 Å². The fourth-order valence-corrected chi connectivity index (χ4v) is 2.96. The third-order valence-corrected chi connectivity index (χ3v) is 4.12. The number of aromatic nitrogens is 1. The van der Waals surface area contributed by atoms with Gasteiger partial charge in [0.1, 0.15) is 0 Å². The summed E-state index contributed by atoms with van der Waals surface area (Å²) in [4.78, 5) is 18.9. The molecule has 0 N–H and O–H groups in total. The van der Waals surface area contributed by atoms with Crippen LogP contribution >= 0.6 is 0 Å². The maximum Gasteiger partial charge on any atom is 0.253 e. The monoisotopic (exact) mass is 310 g/mol. The Kier molecular flexibility index (Phi) is 4.91. The fraction of sp³-hybridized carbons (Fsp3) is 0.368. The predicted molar refractivity (Wildman–Crippen MR) is 90.6 cm³/mol. The summed E-state index contributed by atoms with van der Waals surface area (Å²) in [6.45, 7) is 4.23. The van der Waals surface area contributed by atoms with Crippen LogP contribution in [0.4, 0.5) is 0 Å². The van der Waals surface area contributed by atoms with E-state index in [9.17, 15) is 4.79 Å². The number of piperidine rings is 1. The van der Waals surface area contributed by atoms with Gasteiger partial charge in [0, 0.05) is 30.4 Å². The lowest BCUT2D eigenvalue weighted by Crippen LogP contribution is -2.35. The first kappa shape index (κ1) is 15.5. The van der Waals surface area contributed by atoms with Crippen LogP contribution in [-0.4, -0.2) is 35.5 Å².